The van der Waals surface area contributed by atoms with E-state index in [-0.39, 0.29) is 18.1 Å². The van der Waals surface area contributed by atoms with Gasteiger partial charge in [-0.3, -0.25) is 0 Å². The zero-order chi connectivity index (χ0) is 22.2. The van der Waals surface area contributed by atoms with Crippen LogP contribution in [0.1, 0.15) is 9.94 Å². The Hall–Kier alpha value is -3.78. The summed E-state index contributed by atoms with van der Waals surface area (Å²) in [4.78, 5) is 9.08. The summed E-state index contributed by atoms with van der Waals surface area (Å²) in [6.07, 6.45) is 0. The van der Waals surface area contributed by atoms with Gasteiger partial charge in [0.1, 0.15) is 5.82 Å². The number of hydrogen-bond donors (Lipinski definition) is 0. The maximum Gasteiger partial charge on any atom is 0.126 e. The van der Waals surface area contributed by atoms with Crippen LogP contribution in [0.15, 0.2) is 103 Å². The second kappa shape index (κ2) is 7.33. The predicted octanol–water partition coefficient (Wildman–Crippen LogP) is 6.94. The number of aryl methyl sites for hydroxylation is 1. The van der Waals surface area contributed by atoms with Gasteiger partial charge in [-0.15, -0.1) is 0 Å². The first kappa shape index (κ1) is 14.3. The maximum absolute atomic E-state index is 8.89. The zero-order valence-electron chi connectivity index (χ0n) is 19.0. The summed E-state index contributed by atoms with van der Waals surface area (Å²) in [5.41, 5.74) is 5.14. The molecule has 0 fully saturated rings. The summed E-state index contributed by atoms with van der Waals surface area (Å²) in [5.74, 6) is 0.535. The number of fused-ring (bicyclic) bond motifs is 1. The van der Waals surface area contributed by atoms with Crippen LogP contribution in [0.3, 0.4) is 0 Å². The van der Waals surface area contributed by atoms with Gasteiger partial charge in [-0.2, -0.15) is 0 Å². The van der Waals surface area contributed by atoms with Crippen molar-refractivity contribution in [3.8, 4) is 33.5 Å². The molecule has 0 bridgehead atoms. The van der Waals surface area contributed by atoms with E-state index in [1.165, 1.54) is 0 Å². The van der Waals surface area contributed by atoms with Crippen LogP contribution in [0.5, 0.6) is 0 Å². The quantitative estimate of drug-likeness (QED) is 0.341. The fourth-order valence-electron chi connectivity index (χ4n) is 3.47. The second-order valence-corrected chi connectivity index (χ2v) is 6.90. The van der Waals surface area contributed by atoms with E-state index in [2.05, 4.69) is 9.97 Å². The van der Waals surface area contributed by atoms with Crippen molar-refractivity contribution in [1.82, 2.24) is 9.97 Å². The molecule has 0 aliphatic rings. The van der Waals surface area contributed by atoms with Gasteiger partial charge < -0.3 is 0 Å². The van der Waals surface area contributed by atoms with Crippen LogP contribution >= 0.6 is 0 Å². The number of rotatable bonds is 3. The molecule has 29 heavy (non-hydrogen) atoms. The summed E-state index contributed by atoms with van der Waals surface area (Å²) in [6, 6.07) is 27.6. The van der Waals surface area contributed by atoms with Gasteiger partial charge in [-0.1, -0.05) is 91.0 Å². The van der Waals surface area contributed by atoms with Crippen molar-refractivity contribution >= 4 is 10.9 Å². The molecule has 2 nitrogen and oxygen atoms in total. The SMILES string of the molecule is [2H]c1c(-c2ccc(-c3ccccc3)cc2)c([2H])c2nc(C)nc(-c3ccccc3)c2c1[2H]. The molecule has 5 rings (SSSR count). The van der Waals surface area contributed by atoms with Crippen LogP contribution in [0, 0.1) is 6.92 Å². The van der Waals surface area contributed by atoms with Crippen molar-refractivity contribution in [2.45, 2.75) is 6.92 Å². The Balaban J connectivity index is 1.72. The third kappa shape index (κ3) is 3.41. The Morgan fingerprint density at radius 2 is 1.14 bits per heavy atom. The van der Waals surface area contributed by atoms with Crippen molar-refractivity contribution in [1.29, 1.82) is 0 Å². The molecule has 138 valence electrons. The van der Waals surface area contributed by atoms with E-state index in [9.17, 15) is 0 Å². The predicted molar refractivity (Wildman–Crippen MR) is 121 cm³/mol. The molecule has 0 saturated carbocycles. The van der Waals surface area contributed by atoms with Crippen LogP contribution in [0.4, 0.5) is 0 Å². The van der Waals surface area contributed by atoms with E-state index in [4.69, 9.17) is 4.11 Å². The molecule has 1 aromatic heterocycles. The smallest absolute Gasteiger partial charge is 0.126 e. The highest BCUT2D eigenvalue weighted by atomic mass is 14.9. The molecule has 2 heteroatoms. The fraction of sp³-hybridized carbons (Fsp3) is 0.0370. The maximum atomic E-state index is 8.89. The first-order chi connectivity index (χ1) is 15.5. The van der Waals surface area contributed by atoms with E-state index in [0.717, 1.165) is 22.3 Å². The fourth-order valence-corrected chi connectivity index (χ4v) is 3.47. The van der Waals surface area contributed by atoms with Gasteiger partial charge in [0.25, 0.3) is 0 Å². The van der Waals surface area contributed by atoms with Gasteiger partial charge in [-0.05, 0) is 41.3 Å². The van der Waals surface area contributed by atoms with Crippen molar-refractivity contribution in [3.05, 3.63) is 109 Å². The topological polar surface area (TPSA) is 25.8 Å². The Kier molecular flexibility index (Phi) is 3.60. The molecule has 0 aliphatic heterocycles. The van der Waals surface area contributed by atoms with Crippen LogP contribution in [-0.4, -0.2) is 9.97 Å². The van der Waals surface area contributed by atoms with E-state index in [1.54, 1.807) is 6.92 Å². The molecule has 0 saturated heterocycles. The van der Waals surface area contributed by atoms with Gasteiger partial charge in [0.05, 0.1) is 15.3 Å². The highest BCUT2D eigenvalue weighted by Gasteiger charge is 2.09. The minimum absolute atomic E-state index is 0.0135. The first-order valence-corrected chi connectivity index (χ1v) is 9.54. The van der Waals surface area contributed by atoms with Crippen LogP contribution in [0.2, 0.25) is 0 Å². The molecule has 0 unspecified atom stereocenters. The second-order valence-electron chi connectivity index (χ2n) is 6.90. The molecular formula is C27H20N2. The van der Waals surface area contributed by atoms with Gasteiger partial charge in [0, 0.05) is 10.9 Å². The van der Waals surface area contributed by atoms with Gasteiger partial charge in [0.2, 0.25) is 0 Å². The highest BCUT2D eigenvalue weighted by molar-refractivity contribution is 5.94. The average molecular weight is 375 g/mol. The molecule has 0 amide bonds. The van der Waals surface area contributed by atoms with E-state index in [0.29, 0.717) is 28.0 Å². The Morgan fingerprint density at radius 1 is 0.586 bits per heavy atom. The standard InChI is InChI=1S/C27H20N2/c1-19-28-26-18-24(16-17-25(26)27(29-19)23-10-6-3-7-11-23)22-14-12-21(13-15-22)20-8-4-2-5-9-20/h2-18H,1H3/i16D,17D,18D. The molecule has 1 heterocycles. The highest BCUT2D eigenvalue weighted by Crippen LogP contribution is 2.30. The third-order valence-corrected chi connectivity index (χ3v) is 4.90. The van der Waals surface area contributed by atoms with Gasteiger partial charge in [-0.25, -0.2) is 9.97 Å². The summed E-state index contributed by atoms with van der Waals surface area (Å²) < 4.78 is 26.4. The third-order valence-electron chi connectivity index (χ3n) is 4.90. The van der Waals surface area contributed by atoms with Crippen LogP contribution in [0.25, 0.3) is 44.4 Å². The van der Waals surface area contributed by atoms with Crippen molar-refractivity contribution in [2.75, 3.05) is 0 Å². The minimum Gasteiger partial charge on any atom is -0.233 e. The van der Waals surface area contributed by atoms with Crippen LogP contribution in [-0.2, 0) is 0 Å². The lowest BCUT2D eigenvalue weighted by Gasteiger charge is -2.10. The lowest BCUT2D eigenvalue weighted by Crippen LogP contribution is -1.94. The average Bonchev–Trinajstić information content (AvgIpc) is 2.84. The number of benzene rings is 4. The Morgan fingerprint density at radius 3 is 1.79 bits per heavy atom. The zero-order valence-corrected chi connectivity index (χ0v) is 16.0. The molecule has 5 aromatic rings. The van der Waals surface area contributed by atoms with Gasteiger partial charge >= 0.3 is 0 Å². The summed E-state index contributed by atoms with van der Waals surface area (Å²) >= 11 is 0. The lowest BCUT2D eigenvalue weighted by molar-refractivity contribution is 1.10. The molecule has 0 N–H and O–H groups in total. The summed E-state index contributed by atoms with van der Waals surface area (Å²) in [7, 11) is 0. The monoisotopic (exact) mass is 375 g/mol. The minimum atomic E-state index is 0.0135. The molecule has 0 atom stereocenters. The van der Waals surface area contributed by atoms with Gasteiger partial charge in [0.15, 0.2) is 0 Å². The van der Waals surface area contributed by atoms with Crippen LogP contribution < -0.4 is 0 Å². The van der Waals surface area contributed by atoms with E-state index in [1.807, 2.05) is 84.9 Å². The number of hydrogen-bond acceptors (Lipinski definition) is 2. The molecule has 4 aromatic carbocycles. The Bertz CT molecular complexity index is 1430. The number of nitrogens with zero attached hydrogens (tertiary/aromatic N) is 2. The summed E-state index contributed by atoms with van der Waals surface area (Å²) in [5, 5.41) is 0.446. The summed E-state index contributed by atoms with van der Waals surface area (Å²) in [6.45, 7) is 1.79. The lowest BCUT2D eigenvalue weighted by atomic mass is 9.98. The van der Waals surface area contributed by atoms with Crippen molar-refractivity contribution in [2.24, 2.45) is 0 Å². The Labute approximate surface area is 174 Å². The molecule has 0 radical (unpaired) electrons. The van der Waals surface area contributed by atoms with E-state index >= 15 is 0 Å². The van der Waals surface area contributed by atoms with Crippen molar-refractivity contribution < 1.29 is 4.11 Å². The normalized spacial score (nSPS) is 12.4. The van der Waals surface area contributed by atoms with E-state index < -0.39 is 0 Å². The number of aromatic nitrogens is 2. The molecular weight excluding hydrogens is 352 g/mol. The first-order valence-electron chi connectivity index (χ1n) is 11.0. The largest absolute Gasteiger partial charge is 0.233 e. The molecule has 0 aliphatic carbocycles. The van der Waals surface area contributed by atoms with Crippen molar-refractivity contribution in [3.63, 3.8) is 0 Å². The molecule has 0 spiro atoms.